The Bertz CT molecular complexity index is 596. The molecule has 28 heavy (non-hydrogen) atoms. The highest BCUT2D eigenvalue weighted by Crippen LogP contribution is 2.79. The molecule has 3 atom stereocenters. The van der Waals surface area contributed by atoms with E-state index >= 15 is 0 Å². The SMILES string of the molecule is CCCCCC(/C=C/C=C\C=C\C=C\[C@@H](O)[C@@H](O)CCCC(=O)O)C12CC1C2. The van der Waals surface area contributed by atoms with Crippen LogP contribution in [0.4, 0.5) is 0 Å². The summed E-state index contributed by atoms with van der Waals surface area (Å²) in [5.41, 5.74) is 0.679. The van der Waals surface area contributed by atoms with Crippen LogP contribution in [-0.4, -0.2) is 33.5 Å². The lowest BCUT2D eigenvalue weighted by atomic mass is 9.90. The molecule has 156 valence electrons. The number of carbonyl (C=O) groups is 1. The summed E-state index contributed by atoms with van der Waals surface area (Å²) in [6, 6.07) is 0. The molecule has 0 amide bonds. The minimum Gasteiger partial charge on any atom is -0.481 e. The normalized spacial score (nSPS) is 26.9. The molecule has 0 aromatic carbocycles. The minimum atomic E-state index is -0.976. The molecule has 4 heteroatoms. The van der Waals surface area contributed by atoms with Crippen molar-refractivity contribution in [3.63, 3.8) is 0 Å². The molecular weight excluding hydrogens is 352 g/mol. The van der Waals surface area contributed by atoms with Gasteiger partial charge in [-0.3, -0.25) is 4.79 Å². The van der Waals surface area contributed by atoms with Crippen LogP contribution < -0.4 is 0 Å². The number of fused-ring (bicyclic) bond motifs is 1. The van der Waals surface area contributed by atoms with Crippen LogP contribution in [0.1, 0.15) is 64.7 Å². The van der Waals surface area contributed by atoms with E-state index in [-0.39, 0.29) is 12.8 Å². The van der Waals surface area contributed by atoms with Gasteiger partial charge in [0.25, 0.3) is 0 Å². The van der Waals surface area contributed by atoms with Gasteiger partial charge in [-0.05, 0) is 49.4 Å². The number of aliphatic hydroxyl groups excluding tert-OH is 2. The number of carboxylic acid groups (broad SMARTS) is 1. The summed E-state index contributed by atoms with van der Waals surface area (Å²) in [6.45, 7) is 2.25. The zero-order valence-corrected chi connectivity index (χ0v) is 17.0. The van der Waals surface area contributed by atoms with Gasteiger partial charge in [-0.2, -0.15) is 0 Å². The topological polar surface area (TPSA) is 77.8 Å². The number of allylic oxidation sites excluding steroid dienone is 7. The summed E-state index contributed by atoms with van der Waals surface area (Å²) >= 11 is 0. The smallest absolute Gasteiger partial charge is 0.303 e. The molecule has 0 bridgehead atoms. The molecule has 3 N–H and O–H groups in total. The Labute approximate surface area is 169 Å². The van der Waals surface area contributed by atoms with Gasteiger partial charge in [0.1, 0.15) is 0 Å². The van der Waals surface area contributed by atoms with Crippen molar-refractivity contribution in [2.24, 2.45) is 17.3 Å². The third kappa shape index (κ3) is 7.40. The second-order valence-electron chi connectivity index (χ2n) is 8.32. The van der Waals surface area contributed by atoms with Gasteiger partial charge < -0.3 is 15.3 Å². The molecule has 4 nitrogen and oxygen atoms in total. The van der Waals surface area contributed by atoms with Gasteiger partial charge in [0.15, 0.2) is 0 Å². The first kappa shape index (κ1) is 22.6. The van der Waals surface area contributed by atoms with E-state index in [1.54, 1.807) is 6.08 Å². The summed E-state index contributed by atoms with van der Waals surface area (Å²) in [6.07, 6.45) is 22.4. The molecule has 0 saturated heterocycles. The van der Waals surface area contributed by atoms with E-state index in [9.17, 15) is 15.0 Å². The molecule has 1 unspecified atom stereocenters. The molecule has 2 rings (SSSR count). The van der Waals surface area contributed by atoms with E-state index in [4.69, 9.17) is 5.11 Å². The summed E-state index contributed by atoms with van der Waals surface area (Å²) in [4.78, 5) is 10.4. The van der Waals surface area contributed by atoms with E-state index in [1.807, 2.05) is 24.3 Å². The average molecular weight is 389 g/mol. The third-order valence-electron chi connectivity index (χ3n) is 6.09. The monoisotopic (exact) mass is 388 g/mol. The number of aliphatic hydroxyl groups is 2. The number of aliphatic carboxylic acids is 1. The number of rotatable bonds is 15. The van der Waals surface area contributed by atoms with Crippen molar-refractivity contribution in [2.45, 2.75) is 76.9 Å². The van der Waals surface area contributed by atoms with Crippen molar-refractivity contribution in [1.29, 1.82) is 0 Å². The number of hydrogen-bond acceptors (Lipinski definition) is 3. The average Bonchev–Trinajstić information content (AvgIpc) is 3.52. The lowest BCUT2D eigenvalue weighted by molar-refractivity contribution is -0.137. The lowest BCUT2D eigenvalue weighted by Gasteiger charge is -2.15. The Morgan fingerprint density at radius 1 is 0.964 bits per heavy atom. The van der Waals surface area contributed by atoms with Gasteiger partial charge in [0.2, 0.25) is 0 Å². The summed E-state index contributed by atoms with van der Waals surface area (Å²) in [7, 11) is 0. The Kier molecular flexibility index (Phi) is 9.20. The molecule has 0 aliphatic heterocycles. The van der Waals surface area contributed by atoms with Crippen molar-refractivity contribution < 1.29 is 20.1 Å². The van der Waals surface area contributed by atoms with Crippen LogP contribution in [0.3, 0.4) is 0 Å². The Hall–Kier alpha value is -1.65. The molecule has 0 heterocycles. The molecule has 0 spiro atoms. The second-order valence-corrected chi connectivity index (χ2v) is 8.32. The van der Waals surface area contributed by atoms with Crippen LogP contribution >= 0.6 is 0 Å². The zero-order valence-electron chi connectivity index (χ0n) is 17.0. The lowest BCUT2D eigenvalue weighted by Crippen LogP contribution is -2.23. The van der Waals surface area contributed by atoms with E-state index in [2.05, 4.69) is 19.1 Å². The third-order valence-corrected chi connectivity index (χ3v) is 6.09. The van der Waals surface area contributed by atoms with Crippen LogP contribution in [0.15, 0.2) is 48.6 Å². The van der Waals surface area contributed by atoms with Crippen molar-refractivity contribution in [1.82, 2.24) is 0 Å². The van der Waals surface area contributed by atoms with Gasteiger partial charge in [-0.25, -0.2) is 0 Å². The maximum absolute atomic E-state index is 10.4. The first-order valence-corrected chi connectivity index (χ1v) is 10.8. The van der Waals surface area contributed by atoms with Crippen LogP contribution in [-0.2, 0) is 4.79 Å². The van der Waals surface area contributed by atoms with E-state index in [0.717, 1.165) is 11.8 Å². The molecule has 2 fully saturated rings. The number of hydrogen-bond donors (Lipinski definition) is 3. The molecule has 0 aromatic rings. The van der Waals surface area contributed by atoms with E-state index < -0.39 is 18.2 Å². The number of unbranched alkanes of at least 4 members (excludes halogenated alkanes) is 2. The van der Waals surface area contributed by atoms with Crippen LogP contribution in [0, 0.1) is 17.3 Å². The molecule has 0 radical (unpaired) electrons. The van der Waals surface area contributed by atoms with E-state index in [0.29, 0.717) is 11.8 Å². The maximum Gasteiger partial charge on any atom is 0.303 e. The first-order valence-electron chi connectivity index (χ1n) is 10.8. The van der Waals surface area contributed by atoms with Crippen LogP contribution in [0.2, 0.25) is 0 Å². The summed E-state index contributed by atoms with van der Waals surface area (Å²) in [5, 5.41) is 28.1. The second kappa shape index (κ2) is 11.4. The molecule has 2 saturated carbocycles. The van der Waals surface area contributed by atoms with Crippen LogP contribution in [0.5, 0.6) is 0 Å². The van der Waals surface area contributed by atoms with E-state index in [1.165, 1.54) is 44.6 Å². The fourth-order valence-corrected chi connectivity index (χ4v) is 3.93. The maximum atomic E-state index is 10.4. The quantitative estimate of drug-likeness (QED) is 0.278. The van der Waals surface area contributed by atoms with Gasteiger partial charge in [0, 0.05) is 6.42 Å². The van der Waals surface area contributed by atoms with Gasteiger partial charge in [-0.1, -0.05) is 74.8 Å². The van der Waals surface area contributed by atoms with Crippen molar-refractivity contribution >= 4 is 5.97 Å². The molecule has 2 aliphatic rings. The summed E-state index contributed by atoms with van der Waals surface area (Å²) < 4.78 is 0. The zero-order chi connectivity index (χ0) is 20.4. The highest BCUT2D eigenvalue weighted by Gasteiger charge is 2.71. The fraction of sp³-hybridized carbons (Fsp3) is 0.625. The minimum absolute atomic E-state index is 0.00689. The van der Waals surface area contributed by atoms with Gasteiger partial charge in [0.05, 0.1) is 12.2 Å². The largest absolute Gasteiger partial charge is 0.481 e. The van der Waals surface area contributed by atoms with Crippen molar-refractivity contribution in [3.8, 4) is 0 Å². The summed E-state index contributed by atoms with van der Waals surface area (Å²) in [5.74, 6) is 0.876. The molecule has 2 aliphatic carbocycles. The highest BCUT2D eigenvalue weighted by molar-refractivity contribution is 5.66. The molecule has 0 aromatic heterocycles. The highest BCUT2D eigenvalue weighted by atomic mass is 16.4. The Balaban J connectivity index is 1.65. The predicted octanol–water partition coefficient (Wildman–Crippen LogP) is 4.79. The Morgan fingerprint density at radius 3 is 2.14 bits per heavy atom. The van der Waals surface area contributed by atoms with Crippen molar-refractivity contribution in [3.05, 3.63) is 48.6 Å². The standard InChI is InChI=1S/C24H36O4/c1-2-3-8-12-19(24-17-20(24)18-24)13-9-6-4-5-7-10-14-21(25)22(26)15-11-16-23(27)28/h4-7,9-10,13-14,19-22,25-26H,2-3,8,11-12,15-18H2,1H3,(H,27,28)/b6-4-,7-5+,13-9+,14-10+/t19?,20?,21-,22+,24?/m1/s1. The fourth-order valence-electron chi connectivity index (χ4n) is 3.93. The van der Waals surface area contributed by atoms with Crippen molar-refractivity contribution in [2.75, 3.05) is 0 Å². The first-order chi connectivity index (χ1) is 13.5. The van der Waals surface area contributed by atoms with Crippen LogP contribution in [0.25, 0.3) is 0 Å². The van der Waals surface area contributed by atoms with Gasteiger partial charge in [-0.15, -0.1) is 0 Å². The Morgan fingerprint density at radius 2 is 1.57 bits per heavy atom. The predicted molar refractivity (Wildman–Crippen MR) is 113 cm³/mol. The number of carboxylic acids is 1. The van der Waals surface area contributed by atoms with Gasteiger partial charge >= 0.3 is 5.97 Å². The molecular formula is C24H36O4.